The molecular weight excluding hydrogens is 421 g/mol. The first-order valence-corrected chi connectivity index (χ1v) is 9.75. The molecule has 5 nitrogen and oxygen atoms in total. The number of ether oxygens (including phenoxy) is 1. The van der Waals surface area contributed by atoms with Crippen LogP contribution in [0, 0.1) is 5.82 Å². The number of halogens is 2. The average Bonchev–Trinajstić information content (AvgIpc) is 3.04. The molecule has 1 aliphatic heterocycles. The number of benzene rings is 3. The summed E-state index contributed by atoms with van der Waals surface area (Å²) in [5.41, 5.74) is 0.547. The van der Waals surface area contributed by atoms with E-state index in [1.54, 1.807) is 42.5 Å². The summed E-state index contributed by atoms with van der Waals surface area (Å²) >= 11 is 5.91. The summed E-state index contributed by atoms with van der Waals surface area (Å²) in [5, 5.41) is 11.4. The molecule has 31 heavy (non-hydrogen) atoms. The maximum absolute atomic E-state index is 14.8. The van der Waals surface area contributed by atoms with Crippen LogP contribution >= 0.6 is 11.6 Å². The van der Waals surface area contributed by atoms with Gasteiger partial charge in [0.2, 0.25) is 0 Å². The van der Waals surface area contributed by atoms with Crippen molar-refractivity contribution >= 4 is 34.7 Å². The molecule has 1 saturated heterocycles. The van der Waals surface area contributed by atoms with Crippen molar-refractivity contribution in [3.8, 4) is 5.75 Å². The van der Waals surface area contributed by atoms with Crippen molar-refractivity contribution in [1.29, 1.82) is 0 Å². The molecule has 1 N–H and O–H groups in total. The van der Waals surface area contributed by atoms with E-state index in [9.17, 15) is 19.1 Å². The average molecular weight is 438 g/mol. The van der Waals surface area contributed by atoms with Crippen LogP contribution in [0.3, 0.4) is 0 Å². The molecule has 7 heteroatoms. The Labute approximate surface area is 182 Å². The third-order valence-electron chi connectivity index (χ3n) is 5.11. The highest BCUT2D eigenvalue weighted by Gasteiger charge is 2.47. The van der Waals surface area contributed by atoms with E-state index < -0.39 is 29.3 Å². The summed E-state index contributed by atoms with van der Waals surface area (Å²) in [6.07, 6.45) is 0. The molecule has 0 spiro atoms. The third kappa shape index (κ3) is 3.66. The minimum Gasteiger partial charge on any atom is -0.507 e. The van der Waals surface area contributed by atoms with E-state index in [-0.39, 0.29) is 11.1 Å². The van der Waals surface area contributed by atoms with Crippen LogP contribution in [-0.4, -0.2) is 23.9 Å². The van der Waals surface area contributed by atoms with Crippen molar-refractivity contribution in [1.82, 2.24) is 0 Å². The molecule has 1 amide bonds. The maximum Gasteiger partial charge on any atom is 0.300 e. The molecule has 0 aliphatic carbocycles. The second kappa shape index (κ2) is 8.24. The molecule has 0 saturated carbocycles. The number of rotatable bonds is 4. The summed E-state index contributed by atoms with van der Waals surface area (Å²) in [6.45, 7) is 0. The quantitative estimate of drug-likeness (QED) is 0.350. The van der Waals surface area contributed by atoms with Gasteiger partial charge in [-0.05, 0) is 54.6 Å². The first-order valence-electron chi connectivity index (χ1n) is 9.38. The zero-order valence-corrected chi connectivity index (χ0v) is 17.1. The zero-order chi connectivity index (χ0) is 22.1. The van der Waals surface area contributed by atoms with Gasteiger partial charge in [-0.25, -0.2) is 4.39 Å². The smallest absolute Gasteiger partial charge is 0.300 e. The van der Waals surface area contributed by atoms with Gasteiger partial charge in [-0.3, -0.25) is 14.5 Å². The number of nitrogens with zero attached hydrogens (tertiary/aromatic N) is 1. The number of hydrogen-bond acceptors (Lipinski definition) is 4. The van der Waals surface area contributed by atoms with Gasteiger partial charge in [0.15, 0.2) is 0 Å². The zero-order valence-electron chi connectivity index (χ0n) is 16.4. The molecule has 4 rings (SSSR count). The molecule has 1 fully saturated rings. The second-order valence-electron chi connectivity index (χ2n) is 6.90. The van der Waals surface area contributed by atoms with Crippen LogP contribution in [0.15, 0.2) is 78.4 Å². The Morgan fingerprint density at radius 1 is 1.00 bits per heavy atom. The Morgan fingerprint density at radius 3 is 2.26 bits per heavy atom. The largest absolute Gasteiger partial charge is 0.507 e. The predicted octanol–water partition coefficient (Wildman–Crippen LogP) is 5.11. The Bertz CT molecular complexity index is 1190. The number of amides is 1. The van der Waals surface area contributed by atoms with E-state index in [2.05, 4.69) is 0 Å². The predicted molar refractivity (Wildman–Crippen MR) is 116 cm³/mol. The first-order chi connectivity index (χ1) is 14.9. The normalized spacial score (nSPS) is 17.8. The maximum atomic E-state index is 14.8. The number of Topliss-reactive ketones (excluding diaryl/α,β-unsaturated/α-hetero) is 1. The minimum absolute atomic E-state index is 0.0908. The van der Waals surface area contributed by atoms with Gasteiger partial charge in [0, 0.05) is 21.8 Å². The van der Waals surface area contributed by atoms with Crippen molar-refractivity contribution < 1.29 is 23.8 Å². The number of aliphatic hydroxyl groups is 1. The second-order valence-corrected chi connectivity index (χ2v) is 7.33. The van der Waals surface area contributed by atoms with Crippen LogP contribution in [0.4, 0.5) is 10.1 Å². The topological polar surface area (TPSA) is 66.8 Å². The SMILES string of the molecule is COc1ccc(N2C(=O)C(=O)/C(=C(\O)c3ccc(Cl)cc3)C2c2ccccc2F)cc1. The fourth-order valence-electron chi connectivity index (χ4n) is 3.60. The van der Waals surface area contributed by atoms with Gasteiger partial charge in [0.05, 0.1) is 18.7 Å². The molecule has 1 unspecified atom stereocenters. The lowest BCUT2D eigenvalue weighted by molar-refractivity contribution is -0.132. The van der Waals surface area contributed by atoms with E-state index in [1.165, 1.54) is 42.3 Å². The number of methoxy groups -OCH3 is 1. The van der Waals surface area contributed by atoms with Crippen LogP contribution in [0.25, 0.3) is 5.76 Å². The van der Waals surface area contributed by atoms with Gasteiger partial charge in [0.25, 0.3) is 11.7 Å². The van der Waals surface area contributed by atoms with Crippen LogP contribution in [0.2, 0.25) is 5.02 Å². The van der Waals surface area contributed by atoms with Crippen molar-refractivity contribution in [2.75, 3.05) is 12.0 Å². The highest BCUT2D eigenvalue weighted by Crippen LogP contribution is 2.43. The van der Waals surface area contributed by atoms with Crippen molar-refractivity contribution in [2.45, 2.75) is 6.04 Å². The lowest BCUT2D eigenvalue weighted by Crippen LogP contribution is -2.29. The Balaban J connectivity index is 1.94. The van der Waals surface area contributed by atoms with Gasteiger partial charge < -0.3 is 9.84 Å². The third-order valence-corrected chi connectivity index (χ3v) is 5.36. The number of anilines is 1. The molecular formula is C24H17ClFNO4. The fourth-order valence-corrected chi connectivity index (χ4v) is 3.72. The molecule has 0 aromatic heterocycles. The van der Waals surface area contributed by atoms with Gasteiger partial charge in [0.1, 0.15) is 17.3 Å². The number of hydrogen-bond donors (Lipinski definition) is 1. The minimum atomic E-state index is -1.15. The van der Waals surface area contributed by atoms with E-state index in [0.717, 1.165) is 0 Å². The summed E-state index contributed by atoms with van der Waals surface area (Å²) in [7, 11) is 1.51. The highest BCUT2D eigenvalue weighted by molar-refractivity contribution is 6.51. The van der Waals surface area contributed by atoms with Crippen molar-refractivity contribution in [3.63, 3.8) is 0 Å². The van der Waals surface area contributed by atoms with Crippen LogP contribution < -0.4 is 9.64 Å². The Hall–Kier alpha value is -3.64. The first kappa shape index (κ1) is 20.6. The van der Waals surface area contributed by atoms with Crippen LogP contribution in [0.5, 0.6) is 5.75 Å². The molecule has 3 aromatic rings. The number of carbonyl (C=O) groups excluding carboxylic acids is 2. The standard InChI is InChI=1S/C24H17ClFNO4/c1-31-17-12-10-16(11-13-17)27-21(18-4-2-3-5-19(18)26)20(23(29)24(27)30)22(28)14-6-8-15(25)9-7-14/h2-13,21,28H,1H3/b22-20-. The highest BCUT2D eigenvalue weighted by atomic mass is 35.5. The van der Waals surface area contributed by atoms with Crippen molar-refractivity contribution in [2.24, 2.45) is 0 Å². The summed E-state index contributed by atoms with van der Waals surface area (Å²) in [5.74, 6) is -2.22. The van der Waals surface area contributed by atoms with Gasteiger partial charge >= 0.3 is 0 Å². The summed E-state index contributed by atoms with van der Waals surface area (Å²) in [6, 6.07) is 17.3. The number of carbonyl (C=O) groups is 2. The molecule has 0 radical (unpaired) electrons. The molecule has 1 atom stereocenters. The Morgan fingerprint density at radius 2 is 1.65 bits per heavy atom. The van der Waals surface area contributed by atoms with Crippen LogP contribution in [0.1, 0.15) is 17.2 Å². The summed E-state index contributed by atoms with van der Waals surface area (Å²) in [4.78, 5) is 27.2. The molecule has 1 aliphatic rings. The monoisotopic (exact) mass is 437 g/mol. The molecule has 3 aromatic carbocycles. The molecule has 0 bridgehead atoms. The van der Waals surface area contributed by atoms with E-state index in [1.807, 2.05) is 0 Å². The van der Waals surface area contributed by atoms with Crippen LogP contribution in [-0.2, 0) is 9.59 Å². The molecule has 1 heterocycles. The lowest BCUT2D eigenvalue weighted by Gasteiger charge is -2.25. The van der Waals surface area contributed by atoms with E-state index in [0.29, 0.717) is 22.0 Å². The number of aliphatic hydroxyl groups excluding tert-OH is 1. The lowest BCUT2D eigenvalue weighted by atomic mass is 9.94. The van der Waals surface area contributed by atoms with Gasteiger partial charge in [-0.2, -0.15) is 0 Å². The summed E-state index contributed by atoms with van der Waals surface area (Å²) < 4.78 is 20.0. The number of ketones is 1. The van der Waals surface area contributed by atoms with Crippen molar-refractivity contribution in [3.05, 3.63) is 100 Å². The van der Waals surface area contributed by atoms with E-state index in [4.69, 9.17) is 16.3 Å². The van der Waals surface area contributed by atoms with E-state index >= 15 is 0 Å². The molecule has 156 valence electrons. The van der Waals surface area contributed by atoms with Gasteiger partial charge in [-0.15, -0.1) is 0 Å². The van der Waals surface area contributed by atoms with Gasteiger partial charge in [-0.1, -0.05) is 29.8 Å². The Kier molecular flexibility index (Phi) is 5.48. The fraction of sp³-hybridized carbons (Fsp3) is 0.0833.